The van der Waals surface area contributed by atoms with Gasteiger partial charge in [-0.2, -0.15) is 0 Å². The third-order valence-corrected chi connectivity index (χ3v) is 4.98. The fraction of sp³-hybridized carbons (Fsp3) is 0.474. The van der Waals surface area contributed by atoms with Crippen molar-refractivity contribution in [2.24, 2.45) is 5.92 Å². The summed E-state index contributed by atoms with van der Waals surface area (Å²) in [5, 5.41) is 10.8. The first-order valence-electron chi connectivity index (χ1n) is 8.79. The van der Waals surface area contributed by atoms with E-state index < -0.39 is 0 Å². The van der Waals surface area contributed by atoms with Crippen molar-refractivity contribution in [1.29, 1.82) is 0 Å². The summed E-state index contributed by atoms with van der Waals surface area (Å²) in [7, 11) is 0. The largest absolute Gasteiger partial charge is 0.392 e. The highest BCUT2D eigenvalue weighted by Gasteiger charge is 2.34. The number of benzene rings is 1. The summed E-state index contributed by atoms with van der Waals surface area (Å²) in [4.78, 5) is 21.3. The van der Waals surface area contributed by atoms with Crippen LogP contribution in [0.5, 0.6) is 0 Å². The van der Waals surface area contributed by atoms with Crippen LogP contribution >= 0.6 is 0 Å². The van der Waals surface area contributed by atoms with E-state index in [4.69, 9.17) is 4.98 Å². The molecule has 1 aromatic carbocycles. The molecule has 1 aliphatic carbocycles. The average molecular weight is 325 g/mol. The molecule has 5 heteroatoms. The average Bonchev–Trinajstić information content (AvgIpc) is 3.46. The van der Waals surface area contributed by atoms with Crippen molar-refractivity contribution >= 4 is 22.6 Å². The maximum Gasteiger partial charge on any atom is 0.225 e. The lowest BCUT2D eigenvalue weighted by Crippen LogP contribution is -2.36. The van der Waals surface area contributed by atoms with Crippen molar-refractivity contribution in [3.8, 4) is 0 Å². The Morgan fingerprint density at radius 3 is 2.79 bits per heavy atom. The molecule has 2 heterocycles. The second kappa shape index (κ2) is 6.40. The van der Waals surface area contributed by atoms with Gasteiger partial charge in [0.25, 0.3) is 0 Å². The van der Waals surface area contributed by atoms with E-state index in [9.17, 15) is 9.90 Å². The molecule has 24 heavy (non-hydrogen) atoms. The highest BCUT2D eigenvalue weighted by molar-refractivity contribution is 5.82. The van der Waals surface area contributed by atoms with E-state index in [2.05, 4.69) is 4.90 Å². The van der Waals surface area contributed by atoms with E-state index >= 15 is 0 Å². The number of para-hydroxylation sites is 1. The first kappa shape index (κ1) is 15.4. The Hall–Kier alpha value is -2.14. The van der Waals surface area contributed by atoms with Crippen LogP contribution in [0.3, 0.4) is 0 Å². The Bertz CT molecular complexity index is 757. The molecule has 1 aliphatic heterocycles. The standard InChI is InChI=1S/C19H23N3O2/c23-13-16-12-15-4-1-2-5-17(15)20-18(16)21-8-3-9-22(11-10-21)19(24)14-6-7-14/h1-2,4-5,12,14,23H,3,6-11,13H2. The van der Waals surface area contributed by atoms with Gasteiger partial charge in [-0.25, -0.2) is 4.98 Å². The highest BCUT2D eigenvalue weighted by atomic mass is 16.3. The number of fused-ring (bicyclic) bond motifs is 1. The maximum absolute atomic E-state index is 12.3. The minimum atomic E-state index is -0.0195. The van der Waals surface area contributed by atoms with Gasteiger partial charge in [0.2, 0.25) is 5.91 Å². The number of amides is 1. The van der Waals surface area contributed by atoms with Gasteiger partial charge in [-0.05, 0) is 31.4 Å². The first-order chi connectivity index (χ1) is 11.8. The number of carbonyl (C=O) groups is 1. The predicted molar refractivity (Wildman–Crippen MR) is 93.8 cm³/mol. The normalized spacial score (nSPS) is 18.7. The number of rotatable bonds is 3. The third kappa shape index (κ3) is 2.96. The second-order valence-electron chi connectivity index (χ2n) is 6.76. The van der Waals surface area contributed by atoms with E-state index in [0.29, 0.717) is 5.91 Å². The van der Waals surface area contributed by atoms with Crippen molar-refractivity contribution in [3.63, 3.8) is 0 Å². The topological polar surface area (TPSA) is 56.7 Å². The van der Waals surface area contributed by atoms with Gasteiger partial charge in [-0.3, -0.25) is 4.79 Å². The summed E-state index contributed by atoms with van der Waals surface area (Å²) in [6.45, 7) is 3.19. The molecule has 5 nitrogen and oxygen atoms in total. The Labute approximate surface area is 141 Å². The number of carbonyl (C=O) groups excluding carboxylic acids is 1. The minimum absolute atomic E-state index is 0.0195. The van der Waals surface area contributed by atoms with Crippen LogP contribution in [-0.2, 0) is 11.4 Å². The van der Waals surface area contributed by atoms with Gasteiger partial charge in [0, 0.05) is 43.0 Å². The quantitative estimate of drug-likeness (QED) is 0.940. The number of hydrogen-bond acceptors (Lipinski definition) is 4. The molecule has 1 N–H and O–H groups in total. The molecule has 126 valence electrons. The smallest absolute Gasteiger partial charge is 0.225 e. The van der Waals surface area contributed by atoms with E-state index in [1.54, 1.807) is 0 Å². The molecule has 1 saturated carbocycles. The van der Waals surface area contributed by atoms with Gasteiger partial charge in [0.1, 0.15) is 5.82 Å². The summed E-state index contributed by atoms with van der Waals surface area (Å²) in [5.74, 6) is 1.46. The molecule has 1 saturated heterocycles. The molecule has 2 aromatic rings. The Kier molecular flexibility index (Phi) is 4.10. The number of aromatic nitrogens is 1. The number of aliphatic hydroxyl groups is 1. The van der Waals surface area contributed by atoms with E-state index in [1.807, 2.05) is 35.2 Å². The fourth-order valence-corrected chi connectivity index (χ4v) is 3.48. The maximum atomic E-state index is 12.3. The van der Waals surface area contributed by atoms with Crippen LogP contribution < -0.4 is 4.90 Å². The predicted octanol–water partition coefficient (Wildman–Crippen LogP) is 2.18. The van der Waals surface area contributed by atoms with Crippen LogP contribution in [0, 0.1) is 5.92 Å². The van der Waals surface area contributed by atoms with Gasteiger partial charge in [-0.1, -0.05) is 18.2 Å². The summed E-state index contributed by atoms with van der Waals surface area (Å²) in [6.07, 6.45) is 3.05. The molecule has 0 radical (unpaired) electrons. The summed E-state index contributed by atoms with van der Waals surface area (Å²) in [6, 6.07) is 10.0. The fourth-order valence-electron chi connectivity index (χ4n) is 3.48. The zero-order chi connectivity index (χ0) is 16.5. The van der Waals surface area contributed by atoms with Crippen molar-refractivity contribution in [2.75, 3.05) is 31.1 Å². The molecule has 2 aliphatic rings. The van der Waals surface area contributed by atoms with Gasteiger partial charge >= 0.3 is 0 Å². The molecule has 0 spiro atoms. The Morgan fingerprint density at radius 1 is 1.17 bits per heavy atom. The van der Waals surface area contributed by atoms with Crippen LogP contribution in [0.15, 0.2) is 30.3 Å². The molecule has 0 atom stereocenters. The van der Waals surface area contributed by atoms with Crippen molar-refractivity contribution in [3.05, 3.63) is 35.9 Å². The molecule has 1 aromatic heterocycles. The zero-order valence-electron chi connectivity index (χ0n) is 13.8. The van der Waals surface area contributed by atoms with Crippen molar-refractivity contribution < 1.29 is 9.90 Å². The van der Waals surface area contributed by atoms with E-state index in [0.717, 1.165) is 67.7 Å². The Morgan fingerprint density at radius 2 is 2.00 bits per heavy atom. The lowest BCUT2D eigenvalue weighted by Gasteiger charge is -2.25. The molecule has 0 unspecified atom stereocenters. The van der Waals surface area contributed by atoms with Crippen LogP contribution in [-0.4, -0.2) is 47.1 Å². The number of pyridine rings is 1. The van der Waals surface area contributed by atoms with Gasteiger partial charge in [0.15, 0.2) is 0 Å². The van der Waals surface area contributed by atoms with Crippen molar-refractivity contribution in [2.45, 2.75) is 25.9 Å². The number of hydrogen-bond donors (Lipinski definition) is 1. The number of nitrogens with zero attached hydrogens (tertiary/aromatic N) is 3. The zero-order valence-corrected chi connectivity index (χ0v) is 13.8. The van der Waals surface area contributed by atoms with Crippen LogP contribution in [0.2, 0.25) is 0 Å². The summed E-state index contributed by atoms with van der Waals surface area (Å²) >= 11 is 0. The lowest BCUT2D eigenvalue weighted by atomic mass is 10.1. The molecule has 4 rings (SSSR count). The van der Waals surface area contributed by atoms with Crippen LogP contribution in [0.1, 0.15) is 24.8 Å². The van der Waals surface area contributed by atoms with Crippen LogP contribution in [0.25, 0.3) is 10.9 Å². The molecular formula is C19H23N3O2. The highest BCUT2D eigenvalue weighted by Crippen LogP contribution is 2.31. The number of anilines is 1. The molecule has 1 amide bonds. The Balaban J connectivity index is 1.58. The van der Waals surface area contributed by atoms with Gasteiger partial charge in [0.05, 0.1) is 12.1 Å². The van der Waals surface area contributed by atoms with Crippen molar-refractivity contribution in [1.82, 2.24) is 9.88 Å². The van der Waals surface area contributed by atoms with E-state index in [-0.39, 0.29) is 12.5 Å². The van der Waals surface area contributed by atoms with E-state index in [1.165, 1.54) is 0 Å². The summed E-state index contributed by atoms with van der Waals surface area (Å²) < 4.78 is 0. The minimum Gasteiger partial charge on any atom is -0.392 e. The SMILES string of the molecule is O=C(C1CC1)N1CCCN(c2nc3ccccc3cc2CO)CC1. The second-order valence-corrected chi connectivity index (χ2v) is 6.76. The first-order valence-corrected chi connectivity index (χ1v) is 8.79. The third-order valence-electron chi connectivity index (χ3n) is 4.98. The lowest BCUT2D eigenvalue weighted by molar-refractivity contribution is -0.132. The molecule has 0 bridgehead atoms. The monoisotopic (exact) mass is 325 g/mol. The molecule has 2 fully saturated rings. The number of aliphatic hydroxyl groups excluding tert-OH is 1. The molecular weight excluding hydrogens is 302 g/mol. The summed E-state index contributed by atoms with van der Waals surface area (Å²) in [5.41, 5.74) is 1.80. The van der Waals surface area contributed by atoms with Gasteiger partial charge in [-0.15, -0.1) is 0 Å². The van der Waals surface area contributed by atoms with Crippen LogP contribution in [0.4, 0.5) is 5.82 Å². The van der Waals surface area contributed by atoms with Gasteiger partial charge < -0.3 is 14.9 Å².